The number of aromatic nitrogens is 1. The summed E-state index contributed by atoms with van der Waals surface area (Å²) in [6.07, 6.45) is 0.989. The van der Waals surface area contributed by atoms with Crippen LogP contribution in [0.3, 0.4) is 0 Å². The Balaban J connectivity index is 1.84. The second-order valence-corrected chi connectivity index (χ2v) is 8.40. The third-order valence-corrected chi connectivity index (χ3v) is 5.14. The second-order valence-electron chi connectivity index (χ2n) is 7.48. The van der Waals surface area contributed by atoms with Crippen LogP contribution in [0.25, 0.3) is 0 Å². The van der Waals surface area contributed by atoms with Gasteiger partial charge in [0.25, 0.3) is 11.5 Å². The molecule has 1 aliphatic rings. The third-order valence-electron chi connectivity index (χ3n) is 4.64. The highest BCUT2D eigenvalue weighted by molar-refractivity contribution is 9.10. The van der Waals surface area contributed by atoms with Gasteiger partial charge in [-0.1, -0.05) is 29.8 Å². The largest absolute Gasteiger partial charge is 0.496 e. The second kappa shape index (κ2) is 7.31. The van der Waals surface area contributed by atoms with E-state index in [9.17, 15) is 14.4 Å². The number of fused-ring (bicyclic) bond motifs is 1. The first kappa shape index (κ1) is 19.4. The maximum atomic E-state index is 12.5. The van der Waals surface area contributed by atoms with E-state index in [1.54, 1.807) is 13.2 Å². The quantitative estimate of drug-likeness (QED) is 0.775. The number of methoxy groups -OCH3 is 1. The number of hydrogen-bond donors (Lipinski definition) is 2. The molecule has 2 N–H and O–H groups in total. The summed E-state index contributed by atoms with van der Waals surface area (Å²) >= 11 is 3.39. The molecular weight excluding hydrogens is 412 g/mol. The van der Waals surface area contributed by atoms with Crippen LogP contribution in [0.15, 0.2) is 33.5 Å². The van der Waals surface area contributed by atoms with Gasteiger partial charge in [-0.2, -0.15) is 0 Å². The van der Waals surface area contributed by atoms with Gasteiger partial charge in [-0.15, -0.1) is 0 Å². The van der Waals surface area contributed by atoms with E-state index in [4.69, 9.17) is 4.74 Å². The topological polar surface area (TPSA) is 88.3 Å². The molecule has 0 radical (unpaired) electrons. The van der Waals surface area contributed by atoms with Crippen LogP contribution in [0.2, 0.25) is 0 Å². The fourth-order valence-corrected chi connectivity index (χ4v) is 3.76. The summed E-state index contributed by atoms with van der Waals surface area (Å²) in [5, 5.41) is 2.72. The van der Waals surface area contributed by atoms with Crippen LogP contribution >= 0.6 is 15.9 Å². The number of ketones is 1. The highest BCUT2D eigenvalue weighted by atomic mass is 79.9. The number of nitrogens with one attached hydrogen (secondary N) is 2. The summed E-state index contributed by atoms with van der Waals surface area (Å²) in [6, 6.07) is 6.88. The number of carbonyl (C=O) groups excluding carboxylic acids is 2. The summed E-state index contributed by atoms with van der Waals surface area (Å²) in [4.78, 5) is 40.1. The lowest BCUT2D eigenvalue weighted by atomic mass is 9.75. The molecule has 0 fully saturated rings. The van der Waals surface area contributed by atoms with Crippen molar-refractivity contribution < 1.29 is 14.3 Å². The standard InChI is InChI=1S/C20H21BrN2O4/c1-20(2)8-15-13(16(24)9-20)7-14(19(26)23-15)18(25)22-10-11-6-12(21)4-5-17(11)27-3/h4-7H,8-10H2,1-3H3,(H,22,25)(H,23,26). The van der Waals surface area contributed by atoms with Crippen LogP contribution in [-0.2, 0) is 13.0 Å². The summed E-state index contributed by atoms with van der Waals surface area (Å²) in [6.45, 7) is 4.16. The Hall–Kier alpha value is -2.41. The lowest BCUT2D eigenvalue weighted by Crippen LogP contribution is -2.34. The van der Waals surface area contributed by atoms with Crippen molar-refractivity contribution in [3.8, 4) is 5.75 Å². The number of rotatable bonds is 4. The fourth-order valence-electron chi connectivity index (χ4n) is 3.35. The van der Waals surface area contributed by atoms with Crippen molar-refractivity contribution in [3.63, 3.8) is 0 Å². The monoisotopic (exact) mass is 432 g/mol. The minimum atomic E-state index is -0.529. The number of hydrogen-bond acceptors (Lipinski definition) is 4. The van der Waals surface area contributed by atoms with E-state index < -0.39 is 11.5 Å². The Morgan fingerprint density at radius 3 is 2.70 bits per heavy atom. The van der Waals surface area contributed by atoms with Gasteiger partial charge in [-0.3, -0.25) is 14.4 Å². The molecule has 1 aromatic carbocycles. The van der Waals surface area contributed by atoms with Crippen molar-refractivity contribution in [1.82, 2.24) is 10.3 Å². The Bertz CT molecular complexity index is 978. The van der Waals surface area contributed by atoms with Gasteiger partial charge in [-0.05, 0) is 36.1 Å². The first-order chi connectivity index (χ1) is 12.7. The first-order valence-electron chi connectivity index (χ1n) is 8.60. The smallest absolute Gasteiger partial charge is 0.261 e. The molecule has 2 aromatic rings. The Labute approximate surface area is 165 Å². The lowest BCUT2D eigenvalue weighted by molar-refractivity contribution is 0.0910. The fraction of sp³-hybridized carbons (Fsp3) is 0.350. The molecule has 1 aliphatic carbocycles. The van der Waals surface area contributed by atoms with Crippen LogP contribution in [0.5, 0.6) is 5.75 Å². The Morgan fingerprint density at radius 1 is 1.26 bits per heavy atom. The van der Waals surface area contributed by atoms with E-state index >= 15 is 0 Å². The number of ether oxygens (including phenoxy) is 1. The number of amides is 1. The van der Waals surface area contributed by atoms with Gasteiger partial charge in [0.2, 0.25) is 0 Å². The molecule has 0 saturated carbocycles. The van der Waals surface area contributed by atoms with Gasteiger partial charge in [-0.25, -0.2) is 0 Å². The third kappa shape index (κ3) is 4.13. The molecule has 142 valence electrons. The molecule has 0 aliphatic heterocycles. The Kier molecular flexibility index (Phi) is 5.24. The van der Waals surface area contributed by atoms with Crippen LogP contribution in [0.1, 0.15) is 52.2 Å². The van der Waals surface area contributed by atoms with E-state index in [0.717, 1.165) is 10.0 Å². The summed E-state index contributed by atoms with van der Waals surface area (Å²) in [7, 11) is 1.55. The molecule has 6 nitrogen and oxygen atoms in total. The van der Waals surface area contributed by atoms with Crippen LogP contribution < -0.4 is 15.6 Å². The van der Waals surface area contributed by atoms with Crippen molar-refractivity contribution >= 4 is 27.6 Å². The molecular formula is C20H21BrN2O4. The summed E-state index contributed by atoms with van der Waals surface area (Å²) < 4.78 is 6.14. The maximum Gasteiger partial charge on any atom is 0.261 e. The minimum Gasteiger partial charge on any atom is -0.496 e. The zero-order chi connectivity index (χ0) is 19.8. The minimum absolute atomic E-state index is 0.0554. The van der Waals surface area contributed by atoms with Gasteiger partial charge in [0, 0.05) is 34.3 Å². The van der Waals surface area contributed by atoms with Gasteiger partial charge in [0.1, 0.15) is 11.3 Å². The molecule has 0 bridgehead atoms. The van der Waals surface area contributed by atoms with Crippen LogP contribution in [-0.4, -0.2) is 23.8 Å². The normalized spacial score (nSPS) is 15.2. The lowest BCUT2D eigenvalue weighted by Gasteiger charge is -2.29. The number of carbonyl (C=O) groups is 2. The summed E-state index contributed by atoms with van der Waals surface area (Å²) in [5.74, 6) is 0.0502. The average molecular weight is 433 g/mol. The first-order valence-corrected chi connectivity index (χ1v) is 9.39. The SMILES string of the molecule is COc1ccc(Br)cc1CNC(=O)c1cc2c([nH]c1=O)CC(C)(C)CC2=O. The molecule has 27 heavy (non-hydrogen) atoms. The van der Waals surface area contributed by atoms with Crippen molar-refractivity contribution in [2.24, 2.45) is 5.41 Å². The predicted octanol–water partition coefficient (Wildman–Crippen LogP) is 3.23. The molecule has 0 atom stereocenters. The number of H-pyrrole nitrogens is 1. The zero-order valence-corrected chi connectivity index (χ0v) is 17.0. The highest BCUT2D eigenvalue weighted by Crippen LogP contribution is 2.33. The average Bonchev–Trinajstić information content (AvgIpc) is 2.58. The summed E-state index contributed by atoms with van der Waals surface area (Å²) in [5.41, 5.74) is 1.06. The molecule has 1 amide bonds. The van der Waals surface area contributed by atoms with E-state index in [1.165, 1.54) is 6.07 Å². The highest BCUT2D eigenvalue weighted by Gasteiger charge is 2.32. The van der Waals surface area contributed by atoms with Gasteiger partial charge < -0.3 is 15.0 Å². The van der Waals surface area contributed by atoms with Gasteiger partial charge in [0.15, 0.2) is 5.78 Å². The molecule has 0 unspecified atom stereocenters. The molecule has 3 rings (SSSR count). The van der Waals surface area contributed by atoms with E-state index in [0.29, 0.717) is 29.8 Å². The molecule has 7 heteroatoms. The van der Waals surface area contributed by atoms with Crippen molar-refractivity contribution in [2.75, 3.05) is 7.11 Å². The maximum absolute atomic E-state index is 12.5. The van der Waals surface area contributed by atoms with E-state index in [-0.39, 0.29) is 23.3 Å². The number of halogens is 1. The van der Waals surface area contributed by atoms with E-state index in [1.807, 2.05) is 26.0 Å². The van der Waals surface area contributed by atoms with E-state index in [2.05, 4.69) is 26.2 Å². The number of benzene rings is 1. The van der Waals surface area contributed by atoms with Crippen molar-refractivity contribution in [3.05, 3.63) is 61.5 Å². The van der Waals surface area contributed by atoms with Crippen LogP contribution in [0.4, 0.5) is 0 Å². The van der Waals surface area contributed by atoms with Crippen LogP contribution in [0, 0.1) is 5.41 Å². The van der Waals surface area contributed by atoms with Gasteiger partial charge in [0.05, 0.1) is 7.11 Å². The van der Waals surface area contributed by atoms with Crippen molar-refractivity contribution in [2.45, 2.75) is 33.2 Å². The molecule has 0 spiro atoms. The van der Waals surface area contributed by atoms with Gasteiger partial charge >= 0.3 is 0 Å². The zero-order valence-electron chi connectivity index (χ0n) is 15.4. The molecule has 1 aromatic heterocycles. The predicted molar refractivity (Wildman–Crippen MR) is 105 cm³/mol. The molecule has 1 heterocycles. The van der Waals surface area contributed by atoms with Crippen molar-refractivity contribution in [1.29, 1.82) is 0 Å². The number of pyridine rings is 1. The number of Topliss-reactive ketones (excluding diaryl/α,β-unsaturated/α-hetero) is 1. The molecule has 0 saturated heterocycles. The Morgan fingerprint density at radius 2 is 2.00 bits per heavy atom. The number of aromatic amines is 1.